The van der Waals surface area contributed by atoms with Gasteiger partial charge in [-0.15, -0.1) is 0 Å². The molecule has 0 spiro atoms. The lowest BCUT2D eigenvalue weighted by molar-refractivity contribution is 0.144. The number of benzene rings is 5. The molecule has 5 aromatic carbocycles. The lowest BCUT2D eigenvalue weighted by Gasteiger charge is -2.31. The lowest BCUT2D eigenvalue weighted by atomic mass is 9.87. The molecule has 59 heavy (non-hydrogen) atoms. The van der Waals surface area contributed by atoms with Crippen LogP contribution < -0.4 is 9.47 Å². The van der Waals surface area contributed by atoms with Crippen molar-refractivity contribution in [3.05, 3.63) is 111 Å². The molecule has 0 saturated carbocycles. The van der Waals surface area contributed by atoms with E-state index in [1.165, 1.54) is 0 Å². The fourth-order valence-corrected chi connectivity index (χ4v) is 8.48. The number of rotatable bonds is 9. The molecule has 0 heterocycles. The highest BCUT2D eigenvalue weighted by molar-refractivity contribution is 7.90. The summed E-state index contributed by atoms with van der Waals surface area (Å²) in [7, 11) is -20.4. The summed E-state index contributed by atoms with van der Waals surface area (Å²) >= 11 is 0. The summed E-state index contributed by atoms with van der Waals surface area (Å²) in [6.45, 7) is 0.958. The van der Waals surface area contributed by atoms with Crippen molar-refractivity contribution in [3.63, 3.8) is 0 Å². The van der Waals surface area contributed by atoms with Crippen molar-refractivity contribution in [3.8, 4) is 28.4 Å². The zero-order valence-corrected chi connectivity index (χ0v) is 31.6. The fourth-order valence-electron chi connectivity index (χ4n) is 6.05. The molecule has 5 aromatic rings. The quantitative estimate of drug-likeness (QED) is 0.0653. The third-order valence-electron chi connectivity index (χ3n) is 8.77. The van der Waals surface area contributed by atoms with Crippen molar-refractivity contribution >= 4 is 57.3 Å². The topological polar surface area (TPSA) is 236 Å². The van der Waals surface area contributed by atoms with Crippen molar-refractivity contribution in [2.24, 2.45) is 5.92 Å². The zero-order valence-electron chi connectivity index (χ0n) is 28.4. The van der Waals surface area contributed by atoms with E-state index in [1.807, 2.05) is 0 Å². The Labute approximate surface area is 325 Å². The average molecular weight is 919 g/mol. The second-order valence-corrected chi connectivity index (χ2v) is 18.1. The summed E-state index contributed by atoms with van der Waals surface area (Å²) < 4.78 is 267. The smallest absolute Gasteiger partial charge is 0.294 e. The van der Waals surface area contributed by atoms with Crippen LogP contribution in [0, 0.1) is 52.5 Å². The molecular weight excluding hydrogens is 901 g/mol. The SMILES string of the molecule is CC1C(S(=O)(=O)O)=Cc2cc(S(=O)(=O)O)ccc2C1Oc1c(F)c(F)c(-c2c(F)c(F)c(Oc3cc(S(=O)(=O)O)cc4cc(S(=O)(=O)O)ccc34)c(F)c2F)c(F)c1F. The summed E-state index contributed by atoms with van der Waals surface area (Å²) in [6.07, 6.45) is -1.40. The Balaban J connectivity index is 1.48. The third kappa shape index (κ3) is 7.72. The van der Waals surface area contributed by atoms with Gasteiger partial charge < -0.3 is 9.47 Å². The Morgan fingerprint density at radius 2 is 0.966 bits per heavy atom. The Bertz CT molecular complexity index is 3110. The minimum atomic E-state index is -5.27. The van der Waals surface area contributed by atoms with Gasteiger partial charge in [-0.1, -0.05) is 13.0 Å². The molecule has 0 bridgehead atoms. The van der Waals surface area contributed by atoms with Crippen LogP contribution in [0.2, 0.25) is 0 Å². The van der Waals surface area contributed by atoms with E-state index in [4.69, 9.17) is 9.47 Å². The van der Waals surface area contributed by atoms with Crippen LogP contribution in [0.15, 0.2) is 68.1 Å². The van der Waals surface area contributed by atoms with Crippen LogP contribution in [-0.2, 0) is 40.5 Å². The Kier molecular flexibility index (Phi) is 10.7. The van der Waals surface area contributed by atoms with Gasteiger partial charge in [0.1, 0.15) is 11.9 Å². The molecule has 6 rings (SSSR count). The highest BCUT2D eigenvalue weighted by Crippen LogP contribution is 2.47. The monoisotopic (exact) mass is 918 g/mol. The van der Waals surface area contributed by atoms with Crippen molar-refractivity contribution in [2.75, 3.05) is 0 Å². The van der Waals surface area contributed by atoms with Gasteiger partial charge >= 0.3 is 0 Å². The normalized spacial score (nSPS) is 16.2. The van der Waals surface area contributed by atoms with Gasteiger partial charge in [0.15, 0.2) is 29.0 Å². The van der Waals surface area contributed by atoms with Crippen molar-refractivity contribution < 1.29 is 96.5 Å². The fraction of sp³-hybridized carbons (Fsp3) is 0.0909. The zero-order chi connectivity index (χ0) is 44.1. The Hall–Kier alpha value is -5.22. The first-order chi connectivity index (χ1) is 27.0. The molecule has 1 aliphatic carbocycles. The van der Waals surface area contributed by atoms with Gasteiger partial charge in [0, 0.05) is 22.9 Å². The van der Waals surface area contributed by atoms with Gasteiger partial charge in [0.2, 0.25) is 29.0 Å². The van der Waals surface area contributed by atoms with Crippen molar-refractivity contribution in [1.82, 2.24) is 0 Å². The molecule has 2 atom stereocenters. The standard InChI is InChI=1S/C33H18F8O14S4/c1-11-20(59(51,52)53)9-13-7-15(57(45,46)47)3-5-18(13)31(11)55-33-29(40)25(36)22(26(37)30(33)41)21-23(34)27(38)32(28(39)24(21)35)54-19-10-16(58(48,49)50)8-12-6-14(56(42,43)44)2-4-17(12)19/h2-11,31H,1H3,(H,42,43,44)(H,45,46,47)(H,48,49,50)(H,51,52,53). The molecule has 0 aliphatic heterocycles. The van der Waals surface area contributed by atoms with Crippen LogP contribution in [0.4, 0.5) is 35.1 Å². The second-order valence-electron chi connectivity index (χ2n) is 12.4. The molecule has 0 radical (unpaired) electrons. The van der Waals surface area contributed by atoms with E-state index in [2.05, 4.69) is 0 Å². The molecule has 0 saturated heterocycles. The number of hydrogen-bond acceptors (Lipinski definition) is 10. The maximum Gasteiger partial charge on any atom is 0.294 e. The second kappa shape index (κ2) is 14.5. The summed E-state index contributed by atoms with van der Waals surface area (Å²) in [5.74, 6) is -28.6. The van der Waals surface area contributed by atoms with Gasteiger partial charge in [-0.05, 0) is 53.4 Å². The van der Waals surface area contributed by atoms with E-state index in [0.717, 1.165) is 19.1 Å². The van der Waals surface area contributed by atoms with Gasteiger partial charge in [-0.3, -0.25) is 18.2 Å². The van der Waals surface area contributed by atoms with Gasteiger partial charge in [0.25, 0.3) is 40.5 Å². The molecule has 2 unspecified atom stereocenters. The molecule has 0 amide bonds. The first-order valence-corrected chi connectivity index (χ1v) is 21.2. The molecule has 0 fully saturated rings. The predicted octanol–water partition coefficient (Wildman–Crippen LogP) is 7.15. The van der Waals surface area contributed by atoms with Crippen LogP contribution in [0.3, 0.4) is 0 Å². The van der Waals surface area contributed by atoms with Gasteiger partial charge in [-0.2, -0.15) is 51.2 Å². The Morgan fingerprint density at radius 1 is 0.525 bits per heavy atom. The van der Waals surface area contributed by atoms with E-state index in [1.54, 1.807) is 0 Å². The molecule has 0 aromatic heterocycles. The maximum atomic E-state index is 15.6. The molecule has 1 aliphatic rings. The first-order valence-electron chi connectivity index (χ1n) is 15.4. The van der Waals surface area contributed by atoms with Crippen molar-refractivity contribution in [1.29, 1.82) is 0 Å². The molecular formula is C33H18F8O14S4. The first kappa shape index (κ1) is 43.4. The number of ether oxygens (including phenoxy) is 2. The van der Waals surface area contributed by atoms with E-state index in [9.17, 15) is 51.9 Å². The summed E-state index contributed by atoms with van der Waals surface area (Å²) in [6, 6.07) is 5.08. The molecule has 26 heteroatoms. The maximum absolute atomic E-state index is 15.6. The van der Waals surface area contributed by atoms with E-state index < -0.39 is 163 Å². The third-order valence-corrected chi connectivity index (χ3v) is 12.4. The molecule has 314 valence electrons. The van der Waals surface area contributed by atoms with E-state index in [0.29, 0.717) is 42.5 Å². The molecule has 4 N–H and O–H groups in total. The number of hydrogen-bond donors (Lipinski definition) is 4. The molecule has 14 nitrogen and oxygen atoms in total. The van der Waals surface area contributed by atoms with Crippen LogP contribution in [0.5, 0.6) is 17.2 Å². The average Bonchev–Trinajstić information content (AvgIpc) is 3.13. The summed E-state index contributed by atoms with van der Waals surface area (Å²) in [4.78, 5) is -3.90. The Morgan fingerprint density at radius 3 is 1.44 bits per heavy atom. The summed E-state index contributed by atoms with van der Waals surface area (Å²) in [5.41, 5.74) is -5.68. The van der Waals surface area contributed by atoms with Crippen LogP contribution in [0.1, 0.15) is 24.2 Å². The van der Waals surface area contributed by atoms with Crippen molar-refractivity contribution in [2.45, 2.75) is 27.7 Å². The number of halogens is 8. The minimum Gasteiger partial charge on any atom is -0.479 e. The minimum absolute atomic E-state index is 0.337. The van der Waals surface area contributed by atoms with E-state index >= 15 is 35.1 Å². The van der Waals surface area contributed by atoms with Gasteiger partial charge in [0.05, 0.1) is 30.7 Å². The summed E-state index contributed by atoms with van der Waals surface area (Å²) in [5, 5.41) is -1.03. The van der Waals surface area contributed by atoms with E-state index in [-0.39, 0.29) is 5.56 Å². The van der Waals surface area contributed by atoms with Crippen LogP contribution in [0.25, 0.3) is 28.0 Å². The number of fused-ring (bicyclic) bond motifs is 2. The van der Waals surface area contributed by atoms with Gasteiger partial charge in [-0.25, -0.2) is 17.6 Å². The van der Waals surface area contributed by atoms with Crippen LogP contribution in [-0.4, -0.2) is 51.9 Å². The highest BCUT2D eigenvalue weighted by atomic mass is 32.2. The predicted molar refractivity (Wildman–Crippen MR) is 184 cm³/mol. The lowest BCUT2D eigenvalue weighted by Crippen LogP contribution is -2.27. The highest BCUT2D eigenvalue weighted by Gasteiger charge is 2.40. The largest absolute Gasteiger partial charge is 0.479 e. The van der Waals surface area contributed by atoms with Crippen LogP contribution >= 0.6 is 0 Å².